The average Bonchev–Trinajstić information content (AvgIpc) is 3.01. The lowest BCUT2D eigenvalue weighted by atomic mass is 9.86. The molecule has 2 aliphatic heterocycles. The molecule has 1 amide bonds. The number of aromatic amines is 1. The minimum atomic E-state index is -4.36. The largest absolute Gasteiger partial charge is 0.416 e. The third-order valence-electron chi connectivity index (χ3n) is 6.61. The standard InChI is InChI=1S/C23H29F3N4O/c1-15(2)30-11-5-8-20-18(14-30)21(28-27-20)22(31)29-12-9-16(10-13-29)17-6-3-4-7-19(17)23(24,25)26/h3-4,6-7,15-16H,5,8-14H2,1-2H3,(H,27,28). The molecule has 0 unspecified atom stereocenters. The van der Waals surface area contributed by atoms with Crippen molar-refractivity contribution in [2.75, 3.05) is 19.6 Å². The van der Waals surface area contributed by atoms with E-state index in [0.29, 0.717) is 49.8 Å². The van der Waals surface area contributed by atoms with Crippen LogP contribution in [0.3, 0.4) is 0 Å². The molecule has 2 aliphatic rings. The Morgan fingerprint density at radius 3 is 2.55 bits per heavy atom. The van der Waals surface area contributed by atoms with Gasteiger partial charge in [-0.2, -0.15) is 18.3 Å². The number of halogens is 3. The zero-order valence-electron chi connectivity index (χ0n) is 18.0. The van der Waals surface area contributed by atoms with Gasteiger partial charge in [-0.3, -0.25) is 14.8 Å². The minimum absolute atomic E-state index is 0.120. The number of likely N-dealkylation sites (tertiary alicyclic amines) is 1. The Morgan fingerprint density at radius 2 is 1.87 bits per heavy atom. The first-order chi connectivity index (χ1) is 14.8. The van der Waals surface area contributed by atoms with Crippen LogP contribution in [0.1, 0.15) is 71.9 Å². The topological polar surface area (TPSA) is 52.2 Å². The molecule has 1 fully saturated rings. The van der Waals surface area contributed by atoms with Gasteiger partial charge < -0.3 is 4.90 Å². The predicted molar refractivity (Wildman–Crippen MR) is 112 cm³/mol. The van der Waals surface area contributed by atoms with Crippen LogP contribution in [0, 0.1) is 0 Å². The Morgan fingerprint density at radius 1 is 1.16 bits per heavy atom. The van der Waals surface area contributed by atoms with Crippen molar-refractivity contribution in [1.29, 1.82) is 0 Å². The average molecular weight is 435 g/mol. The zero-order chi connectivity index (χ0) is 22.2. The van der Waals surface area contributed by atoms with Gasteiger partial charge in [0.15, 0.2) is 5.69 Å². The molecular formula is C23H29F3N4O. The number of piperidine rings is 1. The lowest BCUT2D eigenvalue weighted by Crippen LogP contribution is -2.39. The number of carbonyl (C=O) groups is 1. The molecule has 1 saturated heterocycles. The number of fused-ring (bicyclic) bond motifs is 1. The van der Waals surface area contributed by atoms with Crippen molar-refractivity contribution in [1.82, 2.24) is 20.0 Å². The third kappa shape index (κ3) is 4.49. The Kier molecular flexibility index (Phi) is 6.10. The van der Waals surface area contributed by atoms with E-state index in [1.165, 1.54) is 6.07 Å². The molecule has 4 rings (SSSR count). The molecule has 5 nitrogen and oxygen atoms in total. The normalized spacial score (nSPS) is 18.8. The molecule has 31 heavy (non-hydrogen) atoms. The summed E-state index contributed by atoms with van der Waals surface area (Å²) in [4.78, 5) is 17.3. The highest BCUT2D eigenvalue weighted by Crippen LogP contribution is 2.38. The smallest absolute Gasteiger partial charge is 0.337 e. The summed E-state index contributed by atoms with van der Waals surface area (Å²) in [7, 11) is 0. The Hall–Kier alpha value is -2.35. The number of carbonyl (C=O) groups excluding carboxylic acids is 1. The van der Waals surface area contributed by atoms with Crippen LogP contribution in [0.25, 0.3) is 0 Å². The quantitative estimate of drug-likeness (QED) is 0.768. The van der Waals surface area contributed by atoms with Gasteiger partial charge in [-0.1, -0.05) is 18.2 Å². The zero-order valence-corrected chi connectivity index (χ0v) is 18.0. The van der Waals surface area contributed by atoms with Gasteiger partial charge in [0.1, 0.15) is 0 Å². The maximum atomic E-state index is 13.4. The van der Waals surface area contributed by atoms with Crippen molar-refractivity contribution in [2.24, 2.45) is 0 Å². The van der Waals surface area contributed by atoms with E-state index in [4.69, 9.17) is 0 Å². The molecule has 0 radical (unpaired) electrons. The van der Waals surface area contributed by atoms with E-state index >= 15 is 0 Å². The van der Waals surface area contributed by atoms with Crippen molar-refractivity contribution in [2.45, 2.75) is 64.2 Å². The molecule has 0 atom stereocenters. The Balaban J connectivity index is 1.48. The number of H-pyrrole nitrogens is 1. The van der Waals surface area contributed by atoms with E-state index in [9.17, 15) is 18.0 Å². The molecule has 0 spiro atoms. The van der Waals surface area contributed by atoms with Crippen LogP contribution in [0.4, 0.5) is 13.2 Å². The van der Waals surface area contributed by atoms with Gasteiger partial charge in [0.2, 0.25) is 0 Å². The molecule has 0 saturated carbocycles. The van der Waals surface area contributed by atoms with E-state index in [0.717, 1.165) is 36.7 Å². The van der Waals surface area contributed by atoms with Gasteiger partial charge in [-0.15, -0.1) is 0 Å². The van der Waals surface area contributed by atoms with Gasteiger partial charge in [-0.25, -0.2) is 0 Å². The molecule has 2 aromatic rings. The van der Waals surface area contributed by atoms with E-state index in [1.807, 2.05) is 0 Å². The van der Waals surface area contributed by atoms with Gasteiger partial charge in [-0.05, 0) is 63.6 Å². The third-order valence-corrected chi connectivity index (χ3v) is 6.61. The summed E-state index contributed by atoms with van der Waals surface area (Å²) in [6.07, 6.45) is -1.44. The highest BCUT2D eigenvalue weighted by Gasteiger charge is 2.36. The summed E-state index contributed by atoms with van der Waals surface area (Å²) < 4.78 is 40.2. The maximum absolute atomic E-state index is 13.4. The molecule has 0 bridgehead atoms. The number of aryl methyl sites for hydroxylation is 1. The van der Waals surface area contributed by atoms with Crippen LogP contribution in [-0.2, 0) is 19.1 Å². The second kappa shape index (κ2) is 8.65. The number of nitrogens with zero attached hydrogens (tertiary/aromatic N) is 3. The van der Waals surface area contributed by atoms with Crippen molar-refractivity contribution >= 4 is 5.91 Å². The first-order valence-corrected chi connectivity index (χ1v) is 11.0. The van der Waals surface area contributed by atoms with Crippen molar-refractivity contribution in [3.8, 4) is 0 Å². The number of aromatic nitrogens is 2. The monoisotopic (exact) mass is 434 g/mol. The molecule has 1 aromatic heterocycles. The van der Waals surface area contributed by atoms with E-state index in [-0.39, 0.29) is 11.8 Å². The maximum Gasteiger partial charge on any atom is 0.416 e. The number of nitrogens with one attached hydrogen (secondary N) is 1. The fourth-order valence-electron chi connectivity index (χ4n) is 4.79. The van der Waals surface area contributed by atoms with Gasteiger partial charge in [0.25, 0.3) is 5.91 Å². The molecule has 1 N–H and O–H groups in total. The SMILES string of the molecule is CC(C)N1CCCc2[nH]nc(C(=O)N3CCC(c4ccccc4C(F)(F)F)CC3)c2C1. The van der Waals surface area contributed by atoms with Crippen LogP contribution >= 0.6 is 0 Å². The van der Waals surface area contributed by atoms with Gasteiger partial charge >= 0.3 is 6.18 Å². The predicted octanol–water partition coefficient (Wildman–Crippen LogP) is 4.60. The van der Waals surface area contributed by atoms with Crippen molar-refractivity contribution in [3.05, 3.63) is 52.3 Å². The second-order valence-corrected chi connectivity index (χ2v) is 8.85. The summed E-state index contributed by atoms with van der Waals surface area (Å²) in [6, 6.07) is 6.18. The molecule has 8 heteroatoms. The highest BCUT2D eigenvalue weighted by atomic mass is 19.4. The van der Waals surface area contributed by atoms with Crippen molar-refractivity contribution < 1.29 is 18.0 Å². The first-order valence-electron chi connectivity index (χ1n) is 11.0. The molecule has 168 valence electrons. The molecule has 0 aliphatic carbocycles. The van der Waals surface area contributed by atoms with Gasteiger partial charge in [0, 0.05) is 36.9 Å². The summed E-state index contributed by atoms with van der Waals surface area (Å²) in [6.45, 7) is 6.85. The number of benzene rings is 1. The lowest BCUT2D eigenvalue weighted by molar-refractivity contribution is -0.138. The summed E-state index contributed by atoms with van der Waals surface area (Å²) >= 11 is 0. The van der Waals surface area contributed by atoms with Crippen LogP contribution in [0.15, 0.2) is 24.3 Å². The first kappa shape index (κ1) is 21.9. The Labute approximate surface area is 180 Å². The number of alkyl halides is 3. The number of hydrogen-bond donors (Lipinski definition) is 1. The molecular weight excluding hydrogens is 405 g/mol. The van der Waals surface area contributed by atoms with E-state index < -0.39 is 11.7 Å². The Bertz CT molecular complexity index is 929. The fourth-order valence-corrected chi connectivity index (χ4v) is 4.79. The second-order valence-electron chi connectivity index (χ2n) is 8.85. The number of amides is 1. The van der Waals surface area contributed by atoms with Crippen LogP contribution in [0.2, 0.25) is 0 Å². The van der Waals surface area contributed by atoms with Crippen LogP contribution in [0.5, 0.6) is 0 Å². The van der Waals surface area contributed by atoms with E-state index in [2.05, 4.69) is 28.9 Å². The van der Waals surface area contributed by atoms with Crippen molar-refractivity contribution in [3.63, 3.8) is 0 Å². The summed E-state index contributed by atoms with van der Waals surface area (Å²) in [5.41, 5.74) is 2.24. The highest BCUT2D eigenvalue weighted by molar-refractivity contribution is 5.94. The van der Waals surface area contributed by atoms with Crippen LogP contribution in [-0.4, -0.2) is 51.6 Å². The fraction of sp³-hybridized carbons (Fsp3) is 0.565. The molecule has 1 aromatic carbocycles. The minimum Gasteiger partial charge on any atom is -0.337 e. The number of rotatable bonds is 3. The van der Waals surface area contributed by atoms with Gasteiger partial charge in [0.05, 0.1) is 5.56 Å². The summed E-state index contributed by atoms with van der Waals surface area (Å²) in [5.74, 6) is -0.319. The van der Waals surface area contributed by atoms with E-state index in [1.54, 1.807) is 17.0 Å². The lowest BCUT2D eigenvalue weighted by Gasteiger charge is -2.33. The number of hydrogen-bond acceptors (Lipinski definition) is 3. The summed E-state index contributed by atoms with van der Waals surface area (Å²) in [5, 5.41) is 7.40. The molecule has 3 heterocycles. The van der Waals surface area contributed by atoms with Crippen LogP contribution < -0.4 is 0 Å².